The fourth-order valence-electron chi connectivity index (χ4n) is 4.08. The molecule has 3 rings (SSSR count). The summed E-state index contributed by atoms with van der Waals surface area (Å²) < 4.78 is 5.58. The fraction of sp³-hybridized carbons (Fsp3) is 0.882. The Morgan fingerprint density at radius 3 is 2.79 bits per heavy atom. The maximum atomic E-state index is 12.0. The predicted octanol–water partition coefficient (Wildman–Crippen LogP) is 1.74. The van der Waals surface area contributed by atoms with E-state index in [4.69, 9.17) is 4.74 Å². The molecule has 1 unspecified atom stereocenters. The first-order chi connectivity index (χ1) is 11.2. The van der Waals surface area contributed by atoms with Crippen molar-refractivity contribution in [1.29, 1.82) is 0 Å². The first-order valence-corrected chi connectivity index (χ1v) is 9.03. The Labute approximate surface area is 162 Å². The van der Waals surface area contributed by atoms with Crippen molar-refractivity contribution < 1.29 is 9.53 Å². The van der Waals surface area contributed by atoms with E-state index in [2.05, 4.69) is 20.5 Å². The number of hydrogen-bond donors (Lipinski definition) is 2. The molecule has 0 bridgehead atoms. The summed E-state index contributed by atoms with van der Waals surface area (Å²) in [6.45, 7) is 4.45. The van der Waals surface area contributed by atoms with E-state index >= 15 is 0 Å². The van der Waals surface area contributed by atoms with Gasteiger partial charge in [0.1, 0.15) is 0 Å². The van der Waals surface area contributed by atoms with Crippen LogP contribution in [0.5, 0.6) is 0 Å². The van der Waals surface area contributed by atoms with Gasteiger partial charge in [-0.2, -0.15) is 0 Å². The first-order valence-electron chi connectivity index (χ1n) is 9.03. The van der Waals surface area contributed by atoms with E-state index < -0.39 is 0 Å². The van der Waals surface area contributed by atoms with Crippen LogP contribution >= 0.6 is 24.0 Å². The number of aliphatic imine (C=N–C) groups is 1. The van der Waals surface area contributed by atoms with E-state index in [9.17, 15) is 4.79 Å². The molecule has 0 radical (unpaired) electrons. The Morgan fingerprint density at radius 1 is 1.33 bits per heavy atom. The number of nitrogens with zero attached hydrogens (tertiary/aromatic N) is 2. The number of carbonyl (C=O) groups is 1. The van der Waals surface area contributed by atoms with Crippen LogP contribution in [0.2, 0.25) is 0 Å². The number of carbonyl (C=O) groups excluding carboxylic acids is 1. The van der Waals surface area contributed by atoms with E-state index in [0.717, 1.165) is 51.5 Å². The van der Waals surface area contributed by atoms with Crippen LogP contribution in [-0.2, 0) is 9.53 Å². The quantitative estimate of drug-likeness (QED) is 0.389. The van der Waals surface area contributed by atoms with Gasteiger partial charge >= 0.3 is 0 Å². The van der Waals surface area contributed by atoms with Crippen molar-refractivity contribution in [1.82, 2.24) is 15.5 Å². The number of likely N-dealkylation sites (tertiary alicyclic amines) is 1. The Bertz CT molecular complexity index is 446. The molecular formula is C17H31IN4O2. The van der Waals surface area contributed by atoms with Crippen LogP contribution in [0.1, 0.15) is 44.9 Å². The van der Waals surface area contributed by atoms with Crippen LogP contribution in [0.4, 0.5) is 0 Å². The van der Waals surface area contributed by atoms with Gasteiger partial charge in [-0.15, -0.1) is 24.0 Å². The number of guanidine groups is 1. The molecular weight excluding hydrogens is 419 g/mol. The summed E-state index contributed by atoms with van der Waals surface area (Å²) in [4.78, 5) is 18.7. The molecule has 138 valence electrons. The molecule has 1 spiro atoms. The smallest absolute Gasteiger partial charge is 0.221 e. The zero-order chi connectivity index (χ0) is 16.1. The number of hydrogen-bond acceptors (Lipinski definition) is 3. The van der Waals surface area contributed by atoms with E-state index in [1.165, 1.54) is 19.3 Å². The second-order valence-corrected chi connectivity index (χ2v) is 7.25. The van der Waals surface area contributed by atoms with E-state index in [1.807, 2.05) is 7.05 Å². The summed E-state index contributed by atoms with van der Waals surface area (Å²) in [7, 11) is 1.82. The molecule has 0 aromatic rings. The molecule has 7 heteroatoms. The van der Waals surface area contributed by atoms with Gasteiger partial charge in [-0.1, -0.05) is 12.8 Å². The monoisotopic (exact) mass is 450 g/mol. The topological polar surface area (TPSA) is 66.0 Å². The fourth-order valence-corrected chi connectivity index (χ4v) is 4.08. The molecule has 3 aliphatic rings. The van der Waals surface area contributed by atoms with Crippen LogP contribution in [0.25, 0.3) is 0 Å². The lowest BCUT2D eigenvalue weighted by molar-refractivity contribution is -0.121. The maximum absolute atomic E-state index is 12.0. The van der Waals surface area contributed by atoms with Gasteiger partial charge in [0.25, 0.3) is 0 Å². The van der Waals surface area contributed by atoms with Crippen molar-refractivity contribution in [3.63, 3.8) is 0 Å². The lowest BCUT2D eigenvalue weighted by atomic mass is 9.87. The van der Waals surface area contributed by atoms with Crippen molar-refractivity contribution >= 4 is 35.8 Å². The highest BCUT2D eigenvalue weighted by Gasteiger charge is 2.42. The minimum Gasteiger partial charge on any atom is -0.381 e. The summed E-state index contributed by atoms with van der Waals surface area (Å²) in [6, 6.07) is 0.405. The van der Waals surface area contributed by atoms with E-state index in [0.29, 0.717) is 24.4 Å². The van der Waals surface area contributed by atoms with Gasteiger partial charge in [0.2, 0.25) is 5.91 Å². The number of halogens is 1. The molecule has 1 aliphatic carbocycles. The Balaban J connectivity index is 0.00000208. The molecule has 3 fully saturated rings. The van der Waals surface area contributed by atoms with Crippen molar-refractivity contribution in [2.24, 2.45) is 10.4 Å². The molecule has 1 saturated carbocycles. The summed E-state index contributed by atoms with van der Waals surface area (Å²) in [5.74, 6) is 1.07. The molecule has 6 nitrogen and oxygen atoms in total. The zero-order valence-corrected chi connectivity index (χ0v) is 17.0. The third-order valence-electron chi connectivity index (χ3n) is 5.49. The number of rotatable bonds is 4. The normalized spacial score (nSPS) is 27.5. The zero-order valence-electron chi connectivity index (χ0n) is 14.7. The van der Waals surface area contributed by atoms with Crippen molar-refractivity contribution in [2.45, 2.75) is 51.0 Å². The van der Waals surface area contributed by atoms with Crippen LogP contribution in [0.15, 0.2) is 4.99 Å². The van der Waals surface area contributed by atoms with Gasteiger partial charge in [0.05, 0.1) is 6.61 Å². The Morgan fingerprint density at radius 2 is 2.12 bits per heavy atom. The second kappa shape index (κ2) is 9.22. The third-order valence-corrected chi connectivity index (χ3v) is 5.49. The molecule has 0 aromatic carbocycles. The second-order valence-electron chi connectivity index (χ2n) is 7.25. The average molecular weight is 450 g/mol. The summed E-state index contributed by atoms with van der Waals surface area (Å²) in [5, 5.41) is 6.48. The van der Waals surface area contributed by atoms with Gasteiger partial charge in [0.15, 0.2) is 5.96 Å². The van der Waals surface area contributed by atoms with Crippen molar-refractivity contribution in [2.75, 3.05) is 39.9 Å². The SMILES string of the molecule is CN=C(NCCC(=O)NC1CCCC1)N1CCC2(CCOC2)C1.I. The maximum Gasteiger partial charge on any atom is 0.221 e. The van der Waals surface area contributed by atoms with Crippen LogP contribution in [0.3, 0.4) is 0 Å². The number of nitrogens with one attached hydrogen (secondary N) is 2. The Hall–Kier alpha value is -0.570. The minimum atomic E-state index is 0. The molecule has 1 atom stereocenters. The summed E-state index contributed by atoms with van der Waals surface area (Å²) in [5.41, 5.74) is 0.331. The molecule has 1 amide bonds. The highest BCUT2D eigenvalue weighted by molar-refractivity contribution is 14.0. The van der Waals surface area contributed by atoms with Gasteiger partial charge in [-0.05, 0) is 25.7 Å². The van der Waals surface area contributed by atoms with Gasteiger partial charge < -0.3 is 20.3 Å². The van der Waals surface area contributed by atoms with Crippen LogP contribution in [-0.4, -0.2) is 62.7 Å². The molecule has 2 heterocycles. The van der Waals surface area contributed by atoms with E-state index in [1.54, 1.807) is 0 Å². The summed E-state index contributed by atoms with van der Waals surface area (Å²) in [6.07, 6.45) is 7.61. The standard InChI is InChI=1S/C17H30N4O2.HI/c1-18-16(21-10-7-17(12-21)8-11-23-13-17)19-9-6-15(22)20-14-4-2-3-5-14;/h14H,2-13H2,1H3,(H,18,19)(H,20,22);1H. The predicted molar refractivity (Wildman–Crippen MR) is 106 cm³/mol. The molecule has 0 aromatic heterocycles. The summed E-state index contributed by atoms with van der Waals surface area (Å²) >= 11 is 0. The first kappa shape index (κ1) is 19.8. The molecule has 24 heavy (non-hydrogen) atoms. The average Bonchev–Trinajstić information content (AvgIpc) is 3.28. The Kier molecular flexibility index (Phi) is 7.59. The highest BCUT2D eigenvalue weighted by Crippen LogP contribution is 2.38. The lowest BCUT2D eigenvalue weighted by Gasteiger charge is -2.25. The van der Waals surface area contributed by atoms with Gasteiger partial charge in [0, 0.05) is 51.2 Å². The number of ether oxygens (including phenoxy) is 1. The van der Waals surface area contributed by atoms with Crippen LogP contribution in [0, 0.1) is 5.41 Å². The largest absolute Gasteiger partial charge is 0.381 e. The number of amides is 1. The van der Waals surface area contributed by atoms with Gasteiger partial charge in [-0.3, -0.25) is 9.79 Å². The highest BCUT2D eigenvalue weighted by atomic mass is 127. The third kappa shape index (κ3) is 4.97. The van der Waals surface area contributed by atoms with Gasteiger partial charge in [-0.25, -0.2) is 0 Å². The lowest BCUT2D eigenvalue weighted by Crippen LogP contribution is -2.43. The van der Waals surface area contributed by atoms with Crippen molar-refractivity contribution in [3.05, 3.63) is 0 Å². The molecule has 2 saturated heterocycles. The van der Waals surface area contributed by atoms with Crippen molar-refractivity contribution in [3.8, 4) is 0 Å². The minimum absolute atomic E-state index is 0. The molecule has 2 aliphatic heterocycles. The van der Waals surface area contributed by atoms with Crippen LogP contribution < -0.4 is 10.6 Å². The van der Waals surface area contributed by atoms with E-state index in [-0.39, 0.29) is 29.9 Å². The molecule has 2 N–H and O–H groups in total.